The number of pyridine rings is 1. The molecule has 2 saturated carbocycles. The van der Waals surface area contributed by atoms with Gasteiger partial charge in [0.2, 0.25) is 5.91 Å². The SMILES string of the molecule is CC(C#N)Nc1cc(-c2ccc3cc(C#N)cnn23)ncc1-c1nnc(C2CCC(NC(=O)C3CC3)CC2)s1. The van der Waals surface area contributed by atoms with Crippen molar-refractivity contribution < 1.29 is 4.79 Å². The molecule has 2 fully saturated rings. The van der Waals surface area contributed by atoms with Crippen LogP contribution in [0.4, 0.5) is 5.69 Å². The number of amides is 1. The zero-order chi connectivity index (χ0) is 26.9. The number of aromatic nitrogens is 5. The van der Waals surface area contributed by atoms with E-state index in [9.17, 15) is 15.3 Å². The Kier molecular flexibility index (Phi) is 6.67. The van der Waals surface area contributed by atoms with Crippen molar-refractivity contribution in [2.75, 3.05) is 5.32 Å². The van der Waals surface area contributed by atoms with Crippen molar-refractivity contribution in [2.24, 2.45) is 5.92 Å². The highest BCUT2D eigenvalue weighted by Gasteiger charge is 2.33. The molecule has 6 rings (SSSR count). The molecule has 2 aliphatic rings. The highest BCUT2D eigenvalue weighted by Crippen LogP contribution is 2.39. The van der Waals surface area contributed by atoms with E-state index in [1.165, 1.54) is 6.20 Å². The molecule has 39 heavy (non-hydrogen) atoms. The molecule has 0 bridgehead atoms. The van der Waals surface area contributed by atoms with Crippen LogP contribution in [0.5, 0.6) is 0 Å². The van der Waals surface area contributed by atoms with E-state index in [1.54, 1.807) is 35.0 Å². The number of carbonyl (C=O) groups is 1. The van der Waals surface area contributed by atoms with Crippen LogP contribution in [0, 0.1) is 28.6 Å². The van der Waals surface area contributed by atoms with Crippen LogP contribution in [0.25, 0.3) is 27.5 Å². The van der Waals surface area contributed by atoms with Crippen molar-refractivity contribution in [1.29, 1.82) is 10.5 Å². The van der Waals surface area contributed by atoms with E-state index in [2.05, 4.69) is 38.1 Å². The smallest absolute Gasteiger partial charge is 0.223 e. The summed E-state index contributed by atoms with van der Waals surface area (Å²) in [5, 5.41) is 40.3. The number of anilines is 1. The molecule has 0 aliphatic heterocycles. The second kappa shape index (κ2) is 10.4. The van der Waals surface area contributed by atoms with Gasteiger partial charge in [0.05, 0.1) is 40.3 Å². The lowest BCUT2D eigenvalue weighted by Crippen LogP contribution is -2.38. The number of nitriles is 2. The van der Waals surface area contributed by atoms with Gasteiger partial charge in [-0.2, -0.15) is 15.6 Å². The summed E-state index contributed by atoms with van der Waals surface area (Å²) < 4.78 is 1.74. The molecule has 0 spiro atoms. The van der Waals surface area contributed by atoms with Crippen LogP contribution in [0.15, 0.2) is 36.7 Å². The van der Waals surface area contributed by atoms with Crippen molar-refractivity contribution in [3.05, 3.63) is 47.2 Å². The van der Waals surface area contributed by atoms with Gasteiger partial charge >= 0.3 is 0 Å². The molecule has 0 aromatic carbocycles. The number of carbonyl (C=O) groups excluding carboxylic acids is 1. The summed E-state index contributed by atoms with van der Waals surface area (Å²) >= 11 is 1.56. The Labute approximate surface area is 229 Å². The van der Waals surface area contributed by atoms with Gasteiger partial charge in [0.1, 0.15) is 17.1 Å². The van der Waals surface area contributed by atoms with Gasteiger partial charge in [0.15, 0.2) is 5.01 Å². The summed E-state index contributed by atoms with van der Waals surface area (Å²) in [4.78, 5) is 16.8. The second-order valence-electron chi connectivity index (χ2n) is 10.3. The Morgan fingerprint density at radius 2 is 1.92 bits per heavy atom. The first kappa shape index (κ1) is 25.0. The van der Waals surface area contributed by atoms with E-state index in [0.29, 0.717) is 17.2 Å². The first-order valence-electron chi connectivity index (χ1n) is 13.2. The fraction of sp³-hybridized carbons (Fsp3) is 0.393. The van der Waals surface area contributed by atoms with Gasteiger partial charge in [-0.15, -0.1) is 10.2 Å². The van der Waals surface area contributed by atoms with Crippen molar-refractivity contribution in [1.82, 2.24) is 30.1 Å². The molecule has 1 atom stereocenters. The number of rotatable bonds is 7. The van der Waals surface area contributed by atoms with Gasteiger partial charge in [0, 0.05) is 29.8 Å². The molecule has 0 saturated heterocycles. The Balaban J connectivity index is 1.24. The molecule has 4 heterocycles. The monoisotopic (exact) mass is 537 g/mol. The lowest BCUT2D eigenvalue weighted by Gasteiger charge is -2.27. The minimum atomic E-state index is -0.423. The minimum Gasteiger partial charge on any atom is -0.369 e. The fourth-order valence-electron chi connectivity index (χ4n) is 5.06. The topological polar surface area (TPSA) is 145 Å². The van der Waals surface area contributed by atoms with Crippen LogP contribution in [-0.2, 0) is 4.79 Å². The summed E-state index contributed by atoms with van der Waals surface area (Å²) in [6.45, 7) is 1.80. The van der Waals surface area contributed by atoms with Gasteiger partial charge in [0.25, 0.3) is 0 Å². The number of hydrogen-bond acceptors (Lipinski definition) is 9. The standard InChI is InChI=1S/C28H27N9OS/c1-16(12-29)33-23-11-24(25-9-8-21-10-17(13-30)14-32-37(21)25)31-15-22(23)28-36-35-27(39-28)19-4-6-20(7-5-19)34-26(38)18-2-3-18/h8-11,14-16,18-20H,2-7H2,1H3,(H,31,33)(H,34,38). The third-order valence-electron chi connectivity index (χ3n) is 7.40. The van der Waals surface area contributed by atoms with E-state index < -0.39 is 6.04 Å². The van der Waals surface area contributed by atoms with E-state index >= 15 is 0 Å². The normalized spacial score (nSPS) is 19.7. The molecule has 2 N–H and O–H groups in total. The molecule has 1 amide bonds. The van der Waals surface area contributed by atoms with Crippen molar-refractivity contribution in [2.45, 2.75) is 63.5 Å². The fourth-order valence-corrected chi connectivity index (χ4v) is 6.10. The number of nitrogens with one attached hydrogen (secondary N) is 2. The molecule has 4 aromatic rings. The van der Waals surface area contributed by atoms with Crippen LogP contribution in [-0.4, -0.2) is 42.8 Å². The lowest BCUT2D eigenvalue weighted by molar-refractivity contribution is -0.123. The van der Waals surface area contributed by atoms with E-state index in [4.69, 9.17) is 4.98 Å². The maximum Gasteiger partial charge on any atom is 0.223 e. The molecule has 1 unspecified atom stereocenters. The summed E-state index contributed by atoms with van der Waals surface area (Å²) in [7, 11) is 0. The zero-order valence-corrected chi connectivity index (χ0v) is 22.3. The van der Waals surface area contributed by atoms with Crippen molar-refractivity contribution in [3.8, 4) is 34.1 Å². The quantitative estimate of drug-likeness (QED) is 0.346. The lowest BCUT2D eigenvalue weighted by atomic mass is 9.86. The van der Waals surface area contributed by atoms with Crippen LogP contribution in [0.1, 0.15) is 61.9 Å². The summed E-state index contributed by atoms with van der Waals surface area (Å²) in [5.74, 6) is 0.780. The average molecular weight is 538 g/mol. The van der Waals surface area contributed by atoms with E-state index in [-0.39, 0.29) is 17.9 Å². The highest BCUT2D eigenvalue weighted by atomic mass is 32.1. The molecule has 11 heteroatoms. The van der Waals surface area contributed by atoms with Crippen molar-refractivity contribution in [3.63, 3.8) is 0 Å². The molecule has 0 radical (unpaired) electrons. The third-order valence-corrected chi connectivity index (χ3v) is 8.52. The van der Waals surface area contributed by atoms with Crippen LogP contribution < -0.4 is 10.6 Å². The number of fused-ring (bicyclic) bond motifs is 1. The molecule has 196 valence electrons. The summed E-state index contributed by atoms with van der Waals surface area (Å²) in [6.07, 6.45) is 9.19. The second-order valence-corrected chi connectivity index (χ2v) is 11.3. The Hall–Kier alpha value is -4.35. The predicted octanol–water partition coefficient (Wildman–Crippen LogP) is 4.66. The van der Waals surface area contributed by atoms with Crippen LogP contribution in [0.3, 0.4) is 0 Å². The zero-order valence-electron chi connectivity index (χ0n) is 21.5. The maximum absolute atomic E-state index is 12.1. The summed E-state index contributed by atoms with van der Waals surface area (Å²) in [6, 6.07) is 11.7. The minimum absolute atomic E-state index is 0.218. The molecule has 10 nitrogen and oxygen atoms in total. The number of hydrogen-bond donors (Lipinski definition) is 2. The Morgan fingerprint density at radius 1 is 1.10 bits per heavy atom. The summed E-state index contributed by atoms with van der Waals surface area (Å²) in [5.41, 5.74) is 4.27. The third kappa shape index (κ3) is 5.18. The highest BCUT2D eigenvalue weighted by molar-refractivity contribution is 7.14. The van der Waals surface area contributed by atoms with Gasteiger partial charge < -0.3 is 10.6 Å². The number of nitrogens with zero attached hydrogens (tertiary/aromatic N) is 7. The molecule has 4 aromatic heterocycles. The Morgan fingerprint density at radius 3 is 2.67 bits per heavy atom. The van der Waals surface area contributed by atoms with Gasteiger partial charge in [-0.25, -0.2) is 4.52 Å². The molecular weight excluding hydrogens is 510 g/mol. The van der Waals surface area contributed by atoms with Gasteiger partial charge in [-0.05, 0) is 69.7 Å². The molecule has 2 aliphatic carbocycles. The first-order chi connectivity index (χ1) is 19.0. The van der Waals surface area contributed by atoms with Crippen molar-refractivity contribution >= 4 is 28.4 Å². The van der Waals surface area contributed by atoms with Crippen LogP contribution >= 0.6 is 11.3 Å². The first-order valence-corrected chi connectivity index (χ1v) is 14.0. The van der Waals surface area contributed by atoms with Gasteiger partial charge in [-0.3, -0.25) is 9.78 Å². The Bertz CT molecular complexity index is 1620. The predicted molar refractivity (Wildman–Crippen MR) is 147 cm³/mol. The largest absolute Gasteiger partial charge is 0.369 e. The average Bonchev–Trinajstić information content (AvgIpc) is 3.56. The van der Waals surface area contributed by atoms with Crippen LogP contribution in [0.2, 0.25) is 0 Å². The van der Waals surface area contributed by atoms with E-state index in [0.717, 1.165) is 71.0 Å². The maximum atomic E-state index is 12.1. The van der Waals surface area contributed by atoms with E-state index in [1.807, 2.05) is 18.2 Å². The van der Waals surface area contributed by atoms with Gasteiger partial charge in [-0.1, -0.05) is 11.3 Å². The molecular formula is C28H27N9OS.